The quantitative estimate of drug-likeness (QED) is 0.495. The molecule has 3 N–H and O–H groups in total. The highest BCUT2D eigenvalue weighted by Crippen LogP contribution is 2.19. The average molecular weight is 272 g/mol. The molecule has 0 aliphatic rings. The Hall–Kier alpha value is -2.53. The number of ether oxygens (including phenoxy) is 2. The van der Waals surface area contributed by atoms with Crippen LogP contribution >= 0.6 is 0 Å². The van der Waals surface area contributed by atoms with Crippen molar-refractivity contribution in [3.05, 3.63) is 59.7 Å². The number of hydrogen-bond acceptors (Lipinski definition) is 4. The normalized spacial score (nSPS) is 9.90. The number of rotatable bonds is 5. The predicted molar refractivity (Wildman–Crippen MR) is 75.4 cm³/mol. The lowest BCUT2D eigenvalue weighted by molar-refractivity contribution is 0.0951. The molecule has 0 aromatic heterocycles. The number of methoxy groups -OCH3 is 1. The smallest absolute Gasteiger partial charge is 0.265 e. The summed E-state index contributed by atoms with van der Waals surface area (Å²) in [5.41, 5.74) is 3.40. The summed E-state index contributed by atoms with van der Waals surface area (Å²) < 4.78 is 10.7. The first-order chi connectivity index (χ1) is 9.74. The molecule has 0 aliphatic carbocycles. The summed E-state index contributed by atoms with van der Waals surface area (Å²) in [6.07, 6.45) is 0. The van der Waals surface area contributed by atoms with Crippen molar-refractivity contribution in [2.24, 2.45) is 5.84 Å². The lowest BCUT2D eigenvalue weighted by Crippen LogP contribution is -2.30. The van der Waals surface area contributed by atoms with Gasteiger partial charge in [-0.2, -0.15) is 0 Å². The van der Waals surface area contributed by atoms with Crippen LogP contribution in [0.15, 0.2) is 48.5 Å². The highest BCUT2D eigenvalue weighted by atomic mass is 16.5. The van der Waals surface area contributed by atoms with Crippen molar-refractivity contribution in [2.45, 2.75) is 6.61 Å². The summed E-state index contributed by atoms with van der Waals surface area (Å²) in [6.45, 7) is 0.288. The van der Waals surface area contributed by atoms with Gasteiger partial charge in [0, 0.05) is 11.1 Å². The van der Waals surface area contributed by atoms with Crippen LogP contribution in [0.5, 0.6) is 11.5 Å². The van der Waals surface area contributed by atoms with E-state index in [0.29, 0.717) is 11.3 Å². The summed E-state index contributed by atoms with van der Waals surface area (Å²) in [7, 11) is 1.61. The van der Waals surface area contributed by atoms with Crippen LogP contribution in [0.4, 0.5) is 0 Å². The Morgan fingerprint density at radius 1 is 1.10 bits per heavy atom. The van der Waals surface area contributed by atoms with Crippen LogP contribution in [0.1, 0.15) is 15.9 Å². The molecule has 20 heavy (non-hydrogen) atoms. The minimum atomic E-state index is -0.334. The fraction of sp³-hybridized carbons (Fsp3) is 0.133. The molecule has 0 heterocycles. The average Bonchev–Trinajstić information content (AvgIpc) is 2.53. The molecule has 0 fully saturated rings. The third-order valence-electron chi connectivity index (χ3n) is 2.85. The highest BCUT2D eigenvalue weighted by Gasteiger charge is 2.09. The van der Waals surface area contributed by atoms with Gasteiger partial charge in [0.15, 0.2) is 0 Å². The Morgan fingerprint density at radius 2 is 1.75 bits per heavy atom. The second kappa shape index (κ2) is 6.58. The number of nitrogens with one attached hydrogen (secondary N) is 1. The van der Waals surface area contributed by atoms with Gasteiger partial charge in [-0.3, -0.25) is 10.2 Å². The van der Waals surface area contributed by atoms with Crippen molar-refractivity contribution in [1.82, 2.24) is 5.43 Å². The minimum Gasteiger partial charge on any atom is -0.497 e. The number of hydrogen-bond donors (Lipinski definition) is 2. The van der Waals surface area contributed by atoms with E-state index < -0.39 is 0 Å². The number of nitrogens with two attached hydrogens (primary N) is 1. The van der Waals surface area contributed by atoms with Gasteiger partial charge in [0.1, 0.15) is 18.1 Å². The Morgan fingerprint density at radius 3 is 2.40 bits per heavy atom. The second-order valence-corrected chi connectivity index (χ2v) is 4.09. The fourth-order valence-electron chi connectivity index (χ4n) is 1.78. The van der Waals surface area contributed by atoms with Crippen LogP contribution in [-0.2, 0) is 6.61 Å². The molecule has 2 aromatic rings. The molecule has 0 unspecified atom stereocenters. The van der Waals surface area contributed by atoms with E-state index in [1.807, 2.05) is 36.4 Å². The Kier molecular flexibility index (Phi) is 4.57. The van der Waals surface area contributed by atoms with Crippen LogP contribution in [0.25, 0.3) is 0 Å². The standard InChI is InChI=1S/C15H16N2O3/c1-19-12-6-8-13(9-7-12)20-10-11-4-2-3-5-14(11)15(18)17-16/h2-9H,10,16H2,1H3,(H,17,18). The Balaban J connectivity index is 2.08. The maximum Gasteiger partial charge on any atom is 0.265 e. The van der Waals surface area contributed by atoms with E-state index in [9.17, 15) is 4.79 Å². The summed E-state index contributed by atoms with van der Waals surface area (Å²) in [4.78, 5) is 11.6. The molecule has 5 heteroatoms. The van der Waals surface area contributed by atoms with Crippen LogP contribution in [0.2, 0.25) is 0 Å². The van der Waals surface area contributed by atoms with E-state index in [-0.39, 0.29) is 12.5 Å². The Labute approximate surface area is 117 Å². The monoisotopic (exact) mass is 272 g/mol. The summed E-state index contributed by atoms with van der Waals surface area (Å²) in [5, 5.41) is 0. The summed E-state index contributed by atoms with van der Waals surface area (Å²) >= 11 is 0. The van der Waals surface area contributed by atoms with Crippen LogP contribution in [-0.4, -0.2) is 13.0 Å². The molecular formula is C15H16N2O3. The topological polar surface area (TPSA) is 73.6 Å². The van der Waals surface area contributed by atoms with Crippen LogP contribution in [0.3, 0.4) is 0 Å². The zero-order valence-electron chi connectivity index (χ0n) is 11.1. The van der Waals surface area contributed by atoms with E-state index in [0.717, 1.165) is 11.3 Å². The van der Waals surface area contributed by atoms with E-state index >= 15 is 0 Å². The van der Waals surface area contributed by atoms with E-state index in [1.54, 1.807) is 19.2 Å². The van der Waals surface area contributed by atoms with Crippen molar-refractivity contribution >= 4 is 5.91 Å². The number of carbonyl (C=O) groups excluding carboxylic acids is 1. The second-order valence-electron chi connectivity index (χ2n) is 4.09. The van der Waals surface area contributed by atoms with Crippen molar-refractivity contribution in [3.63, 3.8) is 0 Å². The maximum absolute atomic E-state index is 11.6. The van der Waals surface area contributed by atoms with E-state index in [4.69, 9.17) is 15.3 Å². The van der Waals surface area contributed by atoms with Crippen molar-refractivity contribution in [2.75, 3.05) is 7.11 Å². The van der Waals surface area contributed by atoms with Gasteiger partial charge >= 0.3 is 0 Å². The van der Waals surface area contributed by atoms with Gasteiger partial charge in [0.05, 0.1) is 7.11 Å². The molecule has 0 bridgehead atoms. The van der Waals surface area contributed by atoms with Gasteiger partial charge in [0.25, 0.3) is 5.91 Å². The number of carbonyl (C=O) groups is 1. The van der Waals surface area contributed by atoms with E-state index in [2.05, 4.69) is 5.43 Å². The number of hydrazine groups is 1. The summed E-state index contributed by atoms with van der Waals surface area (Å²) in [5.74, 6) is 6.29. The highest BCUT2D eigenvalue weighted by molar-refractivity contribution is 5.95. The first kappa shape index (κ1) is 13.9. The maximum atomic E-state index is 11.6. The third-order valence-corrected chi connectivity index (χ3v) is 2.85. The molecule has 5 nitrogen and oxygen atoms in total. The molecule has 0 saturated heterocycles. The number of amides is 1. The van der Waals surface area contributed by atoms with Gasteiger partial charge in [-0.1, -0.05) is 18.2 Å². The van der Waals surface area contributed by atoms with Crippen molar-refractivity contribution in [1.29, 1.82) is 0 Å². The SMILES string of the molecule is COc1ccc(OCc2ccccc2C(=O)NN)cc1. The molecule has 0 spiro atoms. The molecular weight excluding hydrogens is 256 g/mol. The zero-order valence-corrected chi connectivity index (χ0v) is 11.1. The molecule has 0 saturated carbocycles. The molecule has 104 valence electrons. The number of nitrogen functional groups attached to an aromatic ring is 1. The van der Waals surface area contributed by atoms with Gasteiger partial charge < -0.3 is 9.47 Å². The minimum absolute atomic E-state index is 0.288. The fourth-order valence-corrected chi connectivity index (χ4v) is 1.78. The Bertz CT molecular complexity index is 582. The molecule has 1 amide bonds. The molecule has 0 aliphatic heterocycles. The molecule has 2 aromatic carbocycles. The zero-order chi connectivity index (χ0) is 14.4. The van der Waals surface area contributed by atoms with Gasteiger partial charge in [-0.25, -0.2) is 5.84 Å². The predicted octanol–water partition coefficient (Wildman–Crippen LogP) is 1.88. The molecule has 0 radical (unpaired) electrons. The van der Waals surface area contributed by atoms with Crippen molar-refractivity contribution in [3.8, 4) is 11.5 Å². The van der Waals surface area contributed by atoms with E-state index in [1.165, 1.54) is 0 Å². The van der Waals surface area contributed by atoms with Crippen molar-refractivity contribution < 1.29 is 14.3 Å². The van der Waals surface area contributed by atoms with Gasteiger partial charge in [-0.15, -0.1) is 0 Å². The lowest BCUT2D eigenvalue weighted by Gasteiger charge is -2.10. The lowest BCUT2D eigenvalue weighted by atomic mass is 10.1. The number of benzene rings is 2. The van der Waals surface area contributed by atoms with Gasteiger partial charge in [0.2, 0.25) is 0 Å². The molecule has 0 atom stereocenters. The molecule has 2 rings (SSSR count). The van der Waals surface area contributed by atoms with Crippen LogP contribution in [0, 0.1) is 0 Å². The third kappa shape index (κ3) is 3.27. The largest absolute Gasteiger partial charge is 0.497 e. The summed E-state index contributed by atoms with van der Waals surface area (Å²) in [6, 6.07) is 14.4. The van der Waals surface area contributed by atoms with Crippen LogP contribution < -0.4 is 20.7 Å². The first-order valence-electron chi connectivity index (χ1n) is 6.10. The first-order valence-corrected chi connectivity index (χ1v) is 6.10. The van der Waals surface area contributed by atoms with Gasteiger partial charge in [-0.05, 0) is 30.3 Å².